The van der Waals surface area contributed by atoms with Crippen LogP contribution in [0.2, 0.25) is 0 Å². The molecule has 5 N–H and O–H groups in total. The Morgan fingerprint density at radius 2 is 1.73 bits per heavy atom. The molecule has 1 aliphatic rings. The Hall–Kier alpha value is -2.30. The zero-order valence-corrected chi connectivity index (χ0v) is 20.9. The van der Waals surface area contributed by atoms with Crippen molar-refractivity contribution < 1.29 is 56.5 Å². The zero-order valence-electron chi connectivity index (χ0n) is 18.2. The normalized spacial score (nSPS) is 26.8. The van der Waals surface area contributed by atoms with Gasteiger partial charge < -0.3 is 45.0 Å². The molecule has 37 heavy (non-hydrogen) atoms. The first-order valence-electron chi connectivity index (χ1n) is 10.1. The SMILES string of the molecule is Nc1ncnc2c1ncn2[C@@H]1O[C@H](COP(=O)([O-])OP(=O)([O-])OP(=O)([O-])Nc2ccccc2)[C@H](O)C1O. The second-order valence-electron chi connectivity index (χ2n) is 7.46. The zero-order chi connectivity index (χ0) is 27.0. The Kier molecular flexibility index (Phi) is 7.84. The lowest BCUT2D eigenvalue weighted by Crippen LogP contribution is -2.34. The van der Waals surface area contributed by atoms with Crippen LogP contribution in [0.25, 0.3) is 11.2 Å². The van der Waals surface area contributed by atoms with E-state index in [2.05, 4.69) is 28.1 Å². The smallest absolute Gasteiger partial charge is 0.280 e. The number of ether oxygens (including phenoxy) is 1. The van der Waals surface area contributed by atoms with Crippen LogP contribution in [0.3, 0.4) is 0 Å². The lowest BCUT2D eigenvalue weighted by Gasteiger charge is -2.35. The summed E-state index contributed by atoms with van der Waals surface area (Å²) in [6, 6.07) is 6.98. The summed E-state index contributed by atoms with van der Waals surface area (Å²) in [5, 5.41) is 22.4. The van der Waals surface area contributed by atoms with Gasteiger partial charge in [0.1, 0.15) is 30.2 Å². The van der Waals surface area contributed by atoms with Gasteiger partial charge in [0.15, 0.2) is 17.7 Å². The first kappa shape index (κ1) is 27.7. The molecule has 3 heterocycles. The van der Waals surface area contributed by atoms with Crippen molar-refractivity contribution in [2.75, 3.05) is 17.4 Å². The van der Waals surface area contributed by atoms with E-state index in [1.165, 1.54) is 35.2 Å². The van der Waals surface area contributed by atoms with Crippen LogP contribution < -0.4 is 25.5 Å². The van der Waals surface area contributed by atoms with Gasteiger partial charge in [-0.2, -0.15) is 0 Å². The number of phosphoric ester groups is 1. The lowest BCUT2D eigenvalue weighted by atomic mass is 10.1. The number of nitrogens with one attached hydrogen (secondary N) is 1. The Bertz CT molecular complexity index is 1410. The van der Waals surface area contributed by atoms with Crippen molar-refractivity contribution in [3.05, 3.63) is 43.0 Å². The predicted octanol–water partition coefficient (Wildman–Crippen LogP) is -1.41. The molecule has 4 unspecified atom stereocenters. The van der Waals surface area contributed by atoms with Gasteiger partial charge in [0.2, 0.25) is 7.75 Å². The Morgan fingerprint density at radius 1 is 1.03 bits per heavy atom. The maximum absolute atomic E-state index is 12.0. The number of aromatic nitrogens is 4. The van der Waals surface area contributed by atoms with Crippen molar-refractivity contribution in [1.82, 2.24) is 19.5 Å². The number of phosphoric acid groups is 2. The Balaban J connectivity index is 1.38. The number of nitrogen functional groups attached to an aromatic ring is 1. The van der Waals surface area contributed by atoms with Crippen LogP contribution in [-0.4, -0.2) is 54.7 Å². The van der Waals surface area contributed by atoms with Crippen LogP contribution in [0.4, 0.5) is 11.5 Å². The molecule has 0 aliphatic carbocycles. The molecule has 3 aromatic rings. The van der Waals surface area contributed by atoms with E-state index in [1.54, 1.807) is 11.2 Å². The molecule has 1 fully saturated rings. The topological polar surface area (TPSA) is 279 Å². The van der Waals surface area contributed by atoms with Crippen molar-refractivity contribution in [3.8, 4) is 0 Å². The average Bonchev–Trinajstić information content (AvgIpc) is 3.33. The molecule has 0 amide bonds. The minimum Gasteiger partial charge on any atom is -0.761 e. The van der Waals surface area contributed by atoms with Gasteiger partial charge in [-0.05, 0) is 12.1 Å². The summed E-state index contributed by atoms with van der Waals surface area (Å²) in [4.78, 5) is 47.6. The van der Waals surface area contributed by atoms with Crippen LogP contribution in [0.5, 0.6) is 0 Å². The van der Waals surface area contributed by atoms with Crippen molar-refractivity contribution >= 4 is 46.1 Å². The standard InChI is InChI=1S/C16H21N6O12P3/c17-14-11-15(19-7-18-14)22(8-20-11)16-13(24)12(23)10(32-16)6-31-36(27,28)34-37(29,30)33-35(25,26)21-9-4-2-1-3-5-9/h1-5,7-8,10,12-13,16,23-24H,6H2,(H,27,28)(H,29,30)(H2,17,18,19)(H2,21,25,26)/p-3/t10-,12+,13?,16-/m1/s1. The highest BCUT2D eigenvalue weighted by molar-refractivity contribution is 7.67. The van der Waals surface area contributed by atoms with Crippen molar-refractivity contribution in [2.45, 2.75) is 24.5 Å². The number of hydrogen-bond acceptors (Lipinski definition) is 16. The van der Waals surface area contributed by atoms with Crippen molar-refractivity contribution in [2.24, 2.45) is 0 Å². The minimum atomic E-state index is -6.02. The average molecular weight is 579 g/mol. The highest BCUT2D eigenvalue weighted by Gasteiger charge is 2.45. The van der Waals surface area contributed by atoms with Gasteiger partial charge in [-0.3, -0.25) is 22.6 Å². The second-order valence-corrected chi connectivity index (χ2v) is 12.0. The molecule has 4 rings (SSSR count). The van der Waals surface area contributed by atoms with Crippen molar-refractivity contribution in [1.29, 1.82) is 0 Å². The first-order chi connectivity index (χ1) is 17.3. The molecule has 202 valence electrons. The number of aliphatic hydroxyl groups excluding tert-OH is 2. The molecule has 0 spiro atoms. The molecule has 1 aliphatic heterocycles. The van der Waals surface area contributed by atoms with E-state index in [4.69, 9.17) is 10.5 Å². The molecule has 0 bridgehead atoms. The third kappa shape index (κ3) is 6.59. The highest BCUT2D eigenvalue weighted by Crippen LogP contribution is 2.62. The summed E-state index contributed by atoms with van der Waals surface area (Å²) in [5.41, 5.74) is 5.95. The molecule has 2 aromatic heterocycles. The van der Waals surface area contributed by atoms with E-state index in [0.717, 1.165) is 6.33 Å². The molecule has 21 heteroatoms. The number of nitrogens with two attached hydrogens (primary N) is 1. The van der Waals surface area contributed by atoms with E-state index in [0.29, 0.717) is 0 Å². The summed E-state index contributed by atoms with van der Waals surface area (Å²) < 4.78 is 54.6. The summed E-state index contributed by atoms with van der Waals surface area (Å²) in [6.45, 7) is -1.03. The number of nitrogens with zero attached hydrogens (tertiary/aromatic N) is 4. The fourth-order valence-corrected chi connectivity index (χ4v) is 6.87. The van der Waals surface area contributed by atoms with E-state index in [1.807, 2.05) is 0 Å². The maximum Gasteiger partial charge on any atom is 0.280 e. The maximum atomic E-state index is 12.0. The fourth-order valence-electron chi connectivity index (χ4n) is 3.30. The quantitative estimate of drug-likeness (QED) is 0.201. The summed E-state index contributed by atoms with van der Waals surface area (Å²) in [6.07, 6.45) is -3.86. The number of benzene rings is 1. The fraction of sp³-hybridized carbons (Fsp3) is 0.312. The molecule has 18 nitrogen and oxygen atoms in total. The molecular weight excluding hydrogens is 561 g/mol. The number of rotatable bonds is 10. The Labute approximate surface area is 207 Å². The molecular formula is C16H18N6O12P3-3. The second kappa shape index (κ2) is 10.5. The number of para-hydroxylation sites is 1. The van der Waals surface area contributed by atoms with E-state index in [9.17, 15) is 38.6 Å². The lowest BCUT2D eigenvalue weighted by molar-refractivity contribution is -0.245. The summed E-state index contributed by atoms with van der Waals surface area (Å²) in [5.74, 6) is 0.0342. The van der Waals surface area contributed by atoms with Gasteiger partial charge in [0.05, 0.1) is 12.9 Å². The summed E-state index contributed by atoms with van der Waals surface area (Å²) in [7, 11) is -17.2. The van der Waals surface area contributed by atoms with Crippen LogP contribution in [-0.2, 0) is 31.6 Å². The number of hydrogen-bond donors (Lipinski definition) is 4. The monoisotopic (exact) mass is 579 g/mol. The third-order valence-corrected chi connectivity index (χ3v) is 9.10. The van der Waals surface area contributed by atoms with Gasteiger partial charge in [-0.1, -0.05) is 18.2 Å². The van der Waals surface area contributed by atoms with Crippen LogP contribution >= 0.6 is 23.4 Å². The number of fused-ring (bicyclic) bond motifs is 1. The van der Waals surface area contributed by atoms with E-state index in [-0.39, 0.29) is 22.7 Å². The van der Waals surface area contributed by atoms with Gasteiger partial charge in [0.25, 0.3) is 15.6 Å². The van der Waals surface area contributed by atoms with Crippen molar-refractivity contribution in [3.63, 3.8) is 0 Å². The highest BCUT2D eigenvalue weighted by atomic mass is 31.3. The van der Waals surface area contributed by atoms with E-state index >= 15 is 0 Å². The van der Waals surface area contributed by atoms with Gasteiger partial charge in [0, 0.05) is 5.69 Å². The van der Waals surface area contributed by atoms with Gasteiger partial charge >= 0.3 is 0 Å². The molecule has 0 saturated carbocycles. The van der Waals surface area contributed by atoms with Gasteiger partial charge in [-0.25, -0.2) is 19.3 Å². The predicted molar refractivity (Wildman–Crippen MR) is 117 cm³/mol. The summed E-state index contributed by atoms with van der Waals surface area (Å²) >= 11 is 0. The molecule has 7 atom stereocenters. The molecule has 1 saturated heterocycles. The molecule has 1 aromatic carbocycles. The van der Waals surface area contributed by atoms with E-state index < -0.39 is 54.5 Å². The van der Waals surface area contributed by atoms with Gasteiger partial charge in [-0.15, -0.1) is 0 Å². The Morgan fingerprint density at radius 3 is 2.43 bits per heavy atom. The molecule has 0 radical (unpaired) electrons. The van der Waals surface area contributed by atoms with Crippen LogP contribution in [0.1, 0.15) is 6.23 Å². The largest absolute Gasteiger partial charge is 0.761 e. The van der Waals surface area contributed by atoms with Crippen LogP contribution in [0, 0.1) is 0 Å². The first-order valence-corrected chi connectivity index (χ1v) is 14.5. The van der Waals surface area contributed by atoms with Crippen LogP contribution in [0.15, 0.2) is 43.0 Å². The number of aliphatic hydroxyl groups is 2. The number of imidazole rings is 1. The number of anilines is 2. The third-order valence-electron chi connectivity index (χ3n) is 4.84. The minimum absolute atomic E-state index is 0.0342.